The Kier molecular flexibility index (Phi) is 3.93. The van der Waals surface area contributed by atoms with Gasteiger partial charge in [-0.05, 0) is 36.6 Å². The molecule has 2 rings (SSSR count). The van der Waals surface area contributed by atoms with Crippen molar-refractivity contribution in [3.05, 3.63) is 59.4 Å². The number of nitrogens with one attached hydrogen (secondary N) is 1. The van der Waals surface area contributed by atoms with E-state index in [9.17, 15) is 0 Å². The van der Waals surface area contributed by atoms with E-state index in [0.717, 1.165) is 18.7 Å². The van der Waals surface area contributed by atoms with Crippen molar-refractivity contribution in [2.75, 3.05) is 11.9 Å². The fourth-order valence-electron chi connectivity index (χ4n) is 1.86. The predicted molar refractivity (Wildman–Crippen MR) is 72.3 cm³/mol. The molecule has 18 heavy (non-hydrogen) atoms. The summed E-state index contributed by atoms with van der Waals surface area (Å²) in [6.07, 6.45) is 2.57. The second kappa shape index (κ2) is 5.83. The maximum absolute atomic E-state index is 8.93. The van der Waals surface area contributed by atoms with Crippen LogP contribution in [0.3, 0.4) is 0 Å². The quantitative estimate of drug-likeness (QED) is 0.889. The molecule has 0 aliphatic carbocycles. The Bertz CT molecular complexity index is 570. The lowest BCUT2D eigenvalue weighted by Crippen LogP contribution is -2.07. The number of rotatable bonds is 4. The number of nitriles is 1. The molecule has 0 spiro atoms. The third kappa shape index (κ3) is 2.86. The van der Waals surface area contributed by atoms with Crippen molar-refractivity contribution in [1.29, 1.82) is 5.26 Å². The first kappa shape index (κ1) is 12.1. The molecule has 0 aliphatic heterocycles. The Morgan fingerprint density at radius 3 is 2.83 bits per heavy atom. The van der Waals surface area contributed by atoms with Gasteiger partial charge < -0.3 is 5.32 Å². The number of benzene rings is 1. The van der Waals surface area contributed by atoms with Crippen LogP contribution in [0.4, 0.5) is 5.69 Å². The minimum atomic E-state index is 0.447. The molecule has 0 radical (unpaired) electrons. The Labute approximate surface area is 107 Å². The number of pyridine rings is 1. The second-order valence-corrected chi connectivity index (χ2v) is 4.11. The smallest absolute Gasteiger partial charge is 0.163 e. The number of hydrogen-bond acceptors (Lipinski definition) is 3. The van der Waals surface area contributed by atoms with Crippen LogP contribution in [0.5, 0.6) is 0 Å². The fraction of sp³-hybridized carbons (Fsp3) is 0.200. The molecule has 0 unspecified atom stereocenters. The molecule has 1 aromatic heterocycles. The third-order valence-electron chi connectivity index (χ3n) is 2.88. The summed E-state index contributed by atoms with van der Waals surface area (Å²) in [4.78, 5) is 4.02. The van der Waals surface area contributed by atoms with E-state index in [1.54, 1.807) is 6.20 Å². The first-order valence-electron chi connectivity index (χ1n) is 5.95. The van der Waals surface area contributed by atoms with Crippen LogP contribution in [-0.2, 0) is 6.42 Å². The van der Waals surface area contributed by atoms with E-state index >= 15 is 0 Å². The van der Waals surface area contributed by atoms with Crippen LogP contribution in [0.15, 0.2) is 42.6 Å². The van der Waals surface area contributed by atoms with Crippen LogP contribution in [0.25, 0.3) is 0 Å². The lowest BCUT2D eigenvalue weighted by molar-refractivity contribution is 1.00. The van der Waals surface area contributed by atoms with Crippen LogP contribution >= 0.6 is 0 Å². The van der Waals surface area contributed by atoms with E-state index in [1.807, 2.05) is 24.3 Å². The van der Waals surface area contributed by atoms with Crippen molar-refractivity contribution in [3.8, 4) is 6.07 Å². The van der Waals surface area contributed by atoms with Crippen molar-refractivity contribution in [2.45, 2.75) is 13.3 Å². The molecule has 0 saturated carbocycles. The van der Waals surface area contributed by atoms with Crippen molar-refractivity contribution < 1.29 is 0 Å². The first-order chi connectivity index (χ1) is 8.81. The van der Waals surface area contributed by atoms with E-state index in [-0.39, 0.29) is 0 Å². The summed E-state index contributed by atoms with van der Waals surface area (Å²) in [5.41, 5.74) is 3.87. The average Bonchev–Trinajstić information content (AvgIpc) is 2.41. The highest BCUT2D eigenvalue weighted by atomic mass is 14.9. The van der Waals surface area contributed by atoms with Gasteiger partial charge in [0.25, 0.3) is 0 Å². The SMILES string of the molecule is Cc1ccccc1CCNc1cccnc1C#N. The summed E-state index contributed by atoms with van der Waals surface area (Å²) < 4.78 is 0. The van der Waals surface area contributed by atoms with Gasteiger partial charge in [-0.2, -0.15) is 5.26 Å². The molecule has 90 valence electrons. The zero-order valence-corrected chi connectivity index (χ0v) is 10.4. The molecular formula is C15H15N3. The van der Waals surface area contributed by atoms with Gasteiger partial charge in [0.2, 0.25) is 0 Å². The highest BCUT2D eigenvalue weighted by Crippen LogP contribution is 2.12. The minimum absolute atomic E-state index is 0.447. The molecule has 0 amide bonds. The minimum Gasteiger partial charge on any atom is -0.382 e. The van der Waals surface area contributed by atoms with Gasteiger partial charge in [-0.1, -0.05) is 24.3 Å². The zero-order valence-electron chi connectivity index (χ0n) is 10.4. The van der Waals surface area contributed by atoms with Gasteiger partial charge >= 0.3 is 0 Å². The van der Waals surface area contributed by atoms with Crippen molar-refractivity contribution in [1.82, 2.24) is 4.98 Å². The molecule has 3 heteroatoms. The van der Waals surface area contributed by atoms with Gasteiger partial charge in [0.15, 0.2) is 5.69 Å². The highest BCUT2D eigenvalue weighted by molar-refractivity contribution is 5.53. The normalized spacial score (nSPS) is 9.78. The molecule has 3 nitrogen and oxygen atoms in total. The van der Waals surface area contributed by atoms with E-state index in [4.69, 9.17) is 5.26 Å². The number of anilines is 1. The van der Waals surface area contributed by atoms with E-state index in [1.165, 1.54) is 11.1 Å². The van der Waals surface area contributed by atoms with Crippen LogP contribution in [0.2, 0.25) is 0 Å². The summed E-state index contributed by atoms with van der Waals surface area (Å²) in [6, 6.07) is 14.1. The molecule has 0 bridgehead atoms. The topological polar surface area (TPSA) is 48.7 Å². The summed E-state index contributed by atoms with van der Waals surface area (Å²) in [5, 5.41) is 12.2. The number of nitrogens with zero attached hydrogens (tertiary/aromatic N) is 2. The van der Waals surface area contributed by atoms with Gasteiger partial charge in [-0.25, -0.2) is 4.98 Å². The second-order valence-electron chi connectivity index (χ2n) is 4.11. The van der Waals surface area contributed by atoms with Gasteiger partial charge in [0, 0.05) is 12.7 Å². The molecule has 1 aromatic carbocycles. The number of aryl methyl sites for hydroxylation is 1. The molecule has 0 saturated heterocycles. The number of aromatic nitrogens is 1. The number of hydrogen-bond donors (Lipinski definition) is 1. The van der Waals surface area contributed by atoms with E-state index in [0.29, 0.717) is 5.69 Å². The van der Waals surface area contributed by atoms with Crippen LogP contribution < -0.4 is 5.32 Å². The monoisotopic (exact) mass is 237 g/mol. The van der Waals surface area contributed by atoms with Crippen molar-refractivity contribution in [3.63, 3.8) is 0 Å². The standard InChI is InChI=1S/C15H15N3/c1-12-5-2-3-6-13(12)8-10-18-14-7-4-9-17-15(14)11-16/h2-7,9,18H,8,10H2,1H3. The highest BCUT2D eigenvalue weighted by Gasteiger charge is 2.01. The lowest BCUT2D eigenvalue weighted by Gasteiger charge is -2.08. The van der Waals surface area contributed by atoms with Gasteiger partial charge in [-0.15, -0.1) is 0 Å². The third-order valence-corrected chi connectivity index (χ3v) is 2.88. The van der Waals surface area contributed by atoms with Gasteiger partial charge in [0.1, 0.15) is 6.07 Å². The van der Waals surface area contributed by atoms with Crippen molar-refractivity contribution >= 4 is 5.69 Å². The summed E-state index contributed by atoms with van der Waals surface area (Å²) in [7, 11) is 0. The van der Waals surface area contributed by atoms with E-state index in [2.05, 4.69) is 35.4 Å². The Morgan fingerprint density at radius 2 is 2.06 bits per heavy atom. The fourth-order valence-corrected chi connectivity index (χ4v) is 1.86. The molecule has 0 atom stereocenters. The summed E-state index contributed by atoms with van der Waals surface area (Å²) >= 11 is 0. The average molecular weight is 237 g/mol. The molecular weight excluding hydrogens is 222 g/mol. The lowest BCUT2D eigenvalue weighted by atomic mass is 10.1. The maximum atomic E-state index is 8.93. The Hall–Kier alpha value is -2.34. The molecule has 0 aliphatic rings. The largest absolute Gasteiger partial charge is 0.382 e. The molecule has 0 fully saturated rings. The van der Waals surface area contributed by atoms with Crippen LogP contribution in [0.1, 0.15) is 16.8 Å². The predicted octanol–water partition coefficient (Wildman–Crippen LogP) is 2.92. The van der Waals surface area contributed by atoms with Crippen LogP contribution in [-0.4, -0.2) is 11.5 Å². The zero-order chi connectivity index (χ0) is 12.8. The van der Waals surface area contributed by atoms with Gasteiger partial charge in [-0.3, -0.25) is 0 Å². The van der Waals surface area contributed by atoms with Gasteiger partial charge in [0.05, 0.1) is 5.69 Å². The Morgan fingerprint density at radius 1 is 1.22 bits per heavy atom. The first-order valence-corrected chi connectivity index (χ1v) is 5.95. The molecule has 2 aromatic rings. The summed E-state index contributed by atoms with van der Waals surface area (Å²) in [5.74, 6) is 0. The Balaban J connectivity index is 1.97. The molecule has 1 heterocycles. The molecule has 1 N–H and O–H groups in total. The van der Waals surface area contributed by atoms with Crippen molar-refractivity contribution in [2.24, 2.45) is 0 Å². The summed E-state index contributed by atoms with van der Waals surface area (Å²) in [6.45, 7) is 2.91. The maximum Gasteiger partial charge on any atom is 0.163 e. The van der Waals surface area contributed by atoms with Crippen LogP contribution in [0, 0.1) is 18.3 Å². The van der Waals surface area contributed by atoms with E-state index < -0.39 is 0 Å².